The summed E-state index contributed by atoms with van der Waals surface area (Å²) in [5, 5.41) is 12.6. The molecule has 1 aromatic rings. The Morgan fingerprint density at radius 2 is 2.05 bits per heavy atom. The number of hydrogen-bond acceptors (Lipinski definition) is 4. The topological polar surface area (TPSA) is 58.0 Å². The van der Waals surface area contributed by atoms with Crippen LogP contribution in [0.4, 0.5) is 5.82 Å². The molecule has 0 radical (unpaired) electrons. The maximum atomic E-state index is 9.19. The highest BCUT2D eigenvalue weighted by Crippen LogP contribution is 2.25. The lowest BCUT2D eigenvalue weighted by molar-refractivity contribution is 0.235. The molecule has 0 spiro atoms. The minimum Gasteiger partial charge on any atom is -0.396 e. The predicted octanol–water partition coefficient (Wildman–Crippen LogP) is 3.40. The van der Waals surface area contributed by atoms with Gasteiger partial charge in [0.2, 0.25) is 0 Å². The minimum atomic E-state index is 0.0606. The average Bonchev–Trinajstić information content (AvgIpc) is 2.27. The highest BCUT2D eigenvalue weighted by molar-refractivity contribution is 9.10. The Kier molecular flexibility index (Phi) is 6.20. The van der Waals surface area contributed by atoms with E-state index in [-0.39, 0.29) is 18.1 Å². The van der Waals surface area contributed by atoms with Gasteiger partial charge in [0.1, 0.15) is 16.2 Å². The summed E-state index contributed by atoms with van der Waals surface area (Å²) < 4.78 is 0.796. The minimum absolute atomic E-state index is 0.0606. The molecule has 19 heavy (non-hydrogen) atoms. The summed E-state index contributed by atoms with van der Waals surface area (Å²) in [4.78, 5) is 8.88. The Morgan fingerprint density at radius 1 is 1.37 bits per heavy atom. The normalized spacial score (nSPS) is 13.4. The van der Waals surface area contributed by atoms with Crippen molar-refractivity contribution in [3.8, 4) is 0 Å². The summed E-state index contributed by atoms with van der Waals surface area (Å²) in [6.45, 7) is 8.75. The Labute approximate surface area is 124 Å². The van der Waals surface area contributed by atoms with Gasteiger partial charge in [0, 0.05) is 25.1 Å². The molecule has 5 heteroatoms. The van der Waals surface area contributed by atoms with E-state index in [0.29, 0.717) is 6.42 Å². The fourth-order valence-electron chi connectivity index (χ4n) is 1.90. The van der Waals surface area contributed by atoms with Crippen molar-refractivity contribution in [2.75, 3.05) is 11.9 Å². The van der Waals surface area contributed by atoms with Crippen LogP contribution in [-0.2, 0) is 6.42 Å². The van der Waals surface area contributed by atoms with Crippen LogP contribution in [0.3, 0.4) is 0 Å². The van der Waals surface area contributed by atoms with Crippen molar-refractivity contribution in [2.45, 2.75) is 53.0 Å². The monoisotopic (exact) mass is 329 g/mol. The lowest BCUT2D eigenvalue weighted by atomic mass is 9.85. The average molecular weight is 330 g/mol. The highest BCUT2D eigenvalue weighted by atomic mass is 79.9. The molecule has 4 nitrogen and oxygen atoms in total. The van der Waals surface area contributed by atoms with Crippen LogP contribution >= 0.6 is 15.9 Å². The highest BCUT2D eigenvalue weighted by Gasteiger charge is 2.24. The maximum absolute atomic E-state index is 9.19. The van der Waals surface area contributed by atoms with Gasteiger partial charge in [-0.25, -0.2) is 9.97 Å². The fraction of sp³-hybridized carbons (Fsp3) is 0.714. The number of aliphatic hydroxyl groups excluding tert-OH is 1. The van der Waals surface area contributed by atoms with Crippen LogP contribution in [0.5, 0.6) is 0 Å². The van der Waals surface area contributed by atoms with Gasteiger partial charge in [-0.15, -0.1) is 0 Å². The number of aryl methyl sites for hydroxylation is 1. The zero-order valence-electron chi connectivity index (χ0n) is 12.2. The molecule has 0 fully saturated rings. The van der Waals surface area contributed by atoms with E-state index in [1.807, 2.05) is 6.07 Å². The van der Waals surface area contributed by atoms with Gasteiger partial charge in [0.25, 0.3) is 0 Å². The summed E-state index contributed by atoms with van der Waals surface area (Å²) in [6, 6.07) is 2.06. The number of nitrogens with one attached hydrogen (secondary N) is 1. The van der Waals surface area contributed by atoms with Crippen molar-refractivity contribution in [3.05, 3.63) is 16.5 Å². The number of anilines is 1. The van der Waals surface area contributed by atoms with Gasteiger partial charge in [0.15, 0.2) is 0 Å². The summed E-state index contributed by atoms with van der Waals surface area (Å²) in [6.07, 6.45) is 2.60. The lowest BCUT2D eigenvalue weighted by Crippen LogP contribution is -2.35. The zero-order valence-corrected chi connectivity index (χ0v) is 13.8. The third kappa shape index (κ3) is 5.45. The van der Waals surface area contributed by atoms with Gasteiger partial charge in [-0.2, -0.15) is 0 Å². The molecule has 0 aliphatic heterocycles. The van der Waals surface area contributed by atoms with Crippen molar-refractivity contribution in [3.63, 3.8) is 0 Å². The van der Waals surface area contributed by atoms with Crippen LogP contribution in [0, 0.1) is 5.41 Å². The van der Waals surface area contributed by atoms with Crippen molar-refractivity contribution in [1.82, 2.24) is 9.97 Å². The van der Waals surface area contributed by atoms with E-state index in [1.165, 1.54) is 0 Å². The maximum Gasteiger partial charge on any atom is 0.132 e. The van der Waals surface area contributed by atoms with Crippen LogP contribution in [-0.4, -0.2) is 27.7 Å². The molecule has 0 bridgehead atoms. The number of aromatic nitrogens is 2. The van der Waals surface area contributed by atoms with E-state index < -0.39 is 0 Å². The summed E-state index contributed by atoms with van der Waals surface area (Å²) in [5.74, 6) is 1.66. The first-order valence-electron chi connectivity index (χ1n) is 6.77. The van der Waals surface area contributed by atoms with E-state index in [9.17, 15) is 5.11 Å². The van der Waals surface area contributed by atoms with Gasteiger partial charge < -0.3 is 10.4 Å². The summed E-state index contributed by atoms with van der Waals surface area (Å²) in [5.41, 5.74) is 0.0606. The van der Waals surface area contributed by atoms with Gasteiger partial charge in [0.05, 0.1) is 0 Å². The summed E-state index contributed by atoms with van der Waals surface area (Å²) >= 11 is 3.42. The standard InChI is InChI=1S/C14H24BrN3O/c1-5-6-12-17-11(15)9-13(18-12)16-10(7-8-19)14(2,3)4/h9-10,19H,5-8H2,1-4H3,(H,16,17,18). The Bertz CT molecular complexity index is 404. The van der Waals surface area contributed by atoms with E-state index >= 15 is 0 Å². The lowest BCUT2D eigenvalue weighted by Gasteiger charge is -2.31. The van der Waals surface area contributed by atoms with Crippen LogP contribution in [0.2, 0.25) is 0 Å². The van der Waals surface area contributed by atoms with Gasteiger partial charge >= 0.3 is 0 Å². The largest absolute Gasteiger partial charge is 0.396 e. The van der Waals surface area contributed by atoms with Crippen LogP contribution < -0.4 is 5.32 Å². The molecule has 1 unspecified atom stereocenters. The van der Waals surface area contributed by atoms with Gasteiger partial charge in [-0.1, -0.05) is 27.7 Å². The zero-order chi connectivity index (χ0) is 14.5. The molecule has 1 aromatic heterocycles. The quantitative estimate of drug-likeness (QED) is 0.785. The Hall–Kier alpha value is -0.680. The predicted molar refractivity (Wildman–Crippen MR) is 82.3 cm³/mol. The Morgan fingerprint density at radius 3 is 2.58 bits per heavy atom. The van der Waals surface area contributed by atoms with Crippen LogP contribution in [0.15, 0.2) is 10.7 Å². The molecule has 0 saturated heterocycles. The van der Waals surface area contributed by atoms with E-state index in [0.717, 1.165) is 29.1 Å². The SMILES string of the molecule is CCCc1nc(Br)cc(NC(CCO)C(C)(C)C)n1. The van der Waals surface area contributed by atoms with Gasteiger partial charge in [-0.3, -0.25) is 0 Å². The smallest absolute Gasteiger partial charge is 0.132 e. The Balaban J connectivity index is 2.89. The van der Waals surface area contributed by atoms with Crippen molar-refractivity contribution < 1.29 is 5.11 Å². The third-order valence-corrected chi connectivity index (χ3v) is 3.41. The number of hydrogen-bond donors (Lipinski definition) is 2. The first kappa shape index (κ1) is 16.4. The second kappa shape index (κ2) is 7.20. The van der Waals surface area contributed by atoms with E-state index in [1.54, 1.807) is 0 Å². The number of halogens is 1. The molecule has 1 atom stereocenters. The molecular weight excluding hydrogens is 306 g/mol. The van der Waals surface area contributed by atoms with Crippen molar-refractivity contribution >= 4 is 21.7 Å². The molecule has 1 heterocycles. The molecule has 0 aromatic carbocycles. The third-order valence-electron chi connectivity index (χ3n) is 3.00. The second-order valence-corrected chi connectivity index (χ2v) is 6.63. The molecule has 0 aliphatic rings. The van der Waals surface area contributed by atoms with E-state index in [2.05, 4.69) is 58.9 Å². The van der Waals surface area contributed by atoms with Crippen LogP contribution in [0.1, 0.15) is 46.4 Å². The van der Waals surface area contributed by atoms with Crippen molar-refractivity contribution in [2.24, 2.45) is 5.41 Å². The first-order chi connectivity index (χ1) is 8.86. The first-order valence-corrected chi connectivity index (χ1v) is 7.57. The van der Waals surface area contributed by atoms with Crippen molar-refractivity contribution in [1.29, 1.82) is 0 Å². The summed E-state index contributed by atoms with van der Waals surface area (Å²) in [7, 11) is 0. The molecule has 0 amide bonds. The van der Waals surface area contributed by atoms with Gasteiger partial charge in [-0.05, 0) is 34.2 Å². The molecule has 108 valence electrons. The molecular formula is C14H24BrN3O. The second-order valence-electron chi connectivity index (χ2n) is 5.82. The molecule has 1 rings (SSSR count). The number of aliphatic hydroxyl groups is 1. The fourth-order valence-corrected chi connectivity index (χ4v) is 2.32. The van der Waals surface area contributed by atoms with Crippen LogP contribution in [0.25, 0.3) is 0 Å². The number of rotatable bonds is 6. The molecule has 2 N–H and O–H groups in total. The molecule has 0 aliphatic carbocycles. The number of nitrogens with zero attached hydrogens (tertiary/aromatic N) is 2. The molecule has 0 saturated carbocycles. The van der Waals surface area contributed by atoms with E-state index in [4.69, 9.17) is 0 Å².